The fraction of sp³-hybridized carbons (Fsp3) is 0.400. The Hall–Kier alpha value is -1.24. The third-order valence-corrected chi connectivity index (χ3v) is 3.68. The van der Waals surface area contributed by atoms with Crippen molar-refractivity contribution in [1.29, 1.82) is 0 Å². The van der Waals surface area contributed by atoms with Crippen molar-refractivity contribution >= 4 is 40.9 Å². The van der Waals surface area contributed by atoms with Gasteiger partial charge in [-0.15, -0.1) is 24.0 Å². The van der Waals surface area contributed by atoms with E-state index in [0.29, 0.717) is 12.5 Å². The summed E-state index contributed by atoms with van der Waals surface area (Å²) in [4.78, 5) is 4.31. The third-order valence-electron chi connectivity index (χ3n) is 3.68. The molecule has 1 fully saturated rings. The number of hydrogen-bond donors (Lipinski definition) is 2. The lowest BCUT2D eigenvalue weighted by Gasteiger charge is -2.25. The van der Waals surface area contributed by atoms with Gasteiger partial charge in [0.2, 0.25) is 0 Å². The van der Waals surface area contributed by atoms with Gasteiger partial charge >= 0.3 is 0 Å². The number of benzene rings is 1. The van der Waals surface area contributed by atoms with E-state index in [9.17, 15) is 0 Å². The average Bonchev–Trinajstić information content (AvgIpc) is 2.77. The van der Waals surface area contributed by atoms with Gasteiger partial charge in [0.25, 0.3) is 0 Å². The topological polar surface area (TPSA) is 63.5 Å². The van der Waals surface area contributed by atoms with Crippen LogP contribution in [0.2, 0.25) is 0 Å². The van der Waals surface area contributed by atoms with E-state index in [1.54, 1.807) is 0 Å². The minimum absolute atomic E-state index is 0. The Morgan fingerprint density at radius 2 is 2.15 bits per heavy atom. The first-order valence-corrected chi connectivity index (χ1v) is 6.82. The van der Waals surface area contributed by atoms with Crippen molar-refractivity contribution < 1.29 is 4.42 Å². The third kappa shape index (κ3) is 3.65. The van der Waals surface area contributed by atoms with Crippen LogP contribution in [-0.4, -0.2) is 12.5 Å². The van der Waals surface area contributed by atoms with Crippen LogP contribution in [0.3, 0.4) is 0 Å². The second kappa shape index (κ2) is 6.97. The standard InChI is InChI=1S/C15H19N3O.HI/c16-15(17-9-11-4-3-5-11)18-10-13-8-12-6-1-2-7-14(12)19-13;/h1-2,6-8,11H,3-5,9-10H2,(H3,16,17,18);1H. The van der Waals surface area contributed by atoms with Crippen molar-refractivity contribution in [3.63, 3.8) is 0 Å². The molecule has 0 aliphatic heterocycles. The van der Waals surface area contributed by atoms with Gasteiger partial charge in [-0.1, -0.05) is 24.6 Å². The second-order valence-electron chi connectivity index (χ2n) is 5.13. The average molecular weight is 385 g/mol. The van der Waals surface area contributed by atoms with Crippen LogP contribution in [0.1, 0.15) is 25.0 Å². The summed E-state index contributed by atoms with van der Waals surface area (Å²) in [5.74, 6) is 2.13. The Morgan fingerprint density at radius 1 is 1.35 bits per heavy atom. The fourth-order valence-electron chi connectivity index (χ4n) is 2.28. The molecule has 5 heteroatoms. The molecule has 1 aromatic heterocycles. The van der Waals surface area contributed by atoms with Crippen LogP contribution in [0.15, 0.2) is 39.7 Å². The zero-order chi connectivity index (χ0) is 13.1. The summed E-state index contributed by atoms with van der Waals surface area (Å²) in [5.41, 5.74) is 6.74. The van der Waals surface area contributed by atoms with Gasteiger partial charge in [0.1, 0.15) is 17.9 Å². The first-order valence-electron chi connectivity index (χ1n) is 6.82. The molecule has 3 rings (SSSR count). The number of nitrogens with zero attached hydrogens (tertiary/aromatic N) is 1. The molecule has 1 aromatic carbocycles. The highest BCUT2D eigenvalue weighted by Crippen LogP contribution is 2.25. The van der Waals surface area contributed by atoms with Gasteiger partial charge in [0.05, 0.1) is 0 Å². The maximum atomic E-state index is 5.84. The monoisotopic (exact) mass is 385 g/mol. The lowest BCUT2D eigenvalue weighted by molar-refractivity contribution is 0.315. The van der Waals surface area contributed by atoms with Crippen molar-refractivity contribution in [2.24, 2.45) is 16.6 Å². The highest BCUT2D eigenvalue weighted by atomic mass is 127. The van der Waals surface area contributed by atoms with Crippen molar-refractivity contribution in [2.45, 2.75) is 25.8 Å². The molecular weight excluding hydrogens is 365 g/mol. The SMILES string of the molecule is I.NC(=NCc1cc2ccccc2o1)NCC1CCC1. The predicted octanol–water partition coefficient (Wildman–Crippen LogP) is 3.26. The Kier molecular flexibility index (Phi) is 5.28. The minimum Gasteiger partial charge on any atom is -0.459 e. The van der Waals surface area contributed by atoms with Crippen LogP contribution in [0, 0.1) is 5.92 Å². The van der Waals surface area contributed by atoms with Crippen LogP contribution < -0.4 is 11.1 Å². The van der Waals surface area contributed by atoms with Crippen molar-refractivity contribution in [3.8, 4) is 0 Å². The maximum absolute atomic E-state index is 5.84. The number of halogens is 1. The van der Waals surface area contributed by atoms with Crippen LogP contribution in [0.5, 0.6) is 0 Å². The Bertz CT molecular complexity index is 557. The van der Waals surface area contributed by atoms with E-state index in [2.05, 4.69) is 10.3 Å². The molecule has 3 N–H and O–H groups in total. The molecule has 0 spiro atoms. The molecule has 0 unspecified atom stereocenters. The van der Waals surface area contributed by atoms with E-state index in [4.69, 9.17) is 10.2 Å². The molecule has 0 radical (unpaired) electrons. The number of furan rings is 1. The molecule has 1 saturated carbocycles. The molecule has 2 aromatic rings. The Morgan fingerprint density at radius 3 is 2.85 bits per heavy atom. The van der Waals surface area contributed by atoms with Gasteiger partial charge in [-0.05, 0) is 30.9 Å². The number of para-hydroxylation sites is 1. The number of hydrogen-bond acceptors (Lipinski definition) is 2. The van der Waals surface area contributed by atoms with E-state index >= 15 is 0 Å². The lowest BCUT2D eigenvalue weighted by atomic mass is 9.85. The molecule has 4 nitrogen and oxygen atoms in total. The van der Waals surface area contributed by atoms with Gasteiger partial charge < -0.3 is 15.5 Å². The largest absolute Gasteiger partial charge is 0.459 e. The summed E-state index contributed by atoms with van der Waals surface area (Å²) < 4.78 is 5.69. The summed E-state index contributed by atoms with van der Waals surface area (Å²) in [6.07, 6.45) is 3.97. The molecule has 1 aliphatic rings. The molecule has 0 saturated heterocycles. The predicted molar refractivity (Wildman–Crippen MR) is 92.3 cm³/mol. The fourth-order valence-corrected chi connectivity index (χ4v) is 2.28. The van der Waals surface area contributed by atoms with Crippen LogP contribution >= 0.6 is 24.0 Å². The summed E-state index contributed by atoms with van der Waals surface area (Å²) in [5, 5.41) is 4.28. The molecule has 1 heterocycles. The molecule has 20 heavy (non-hydrogen) atoms. The molecule has 0 bridgehead atoms. The quantitative estimate of drug-likeness (QED) is 0.483. The first kappa shape index (κ1) is 15.2. The molecule has 1 aliphatic carbocycles. The van der Waals surface area contributed by atoms with Crippen LogP contribution in [0.4, 0.5) is 0 Å². The number of rotatable bonds is 4. The first-order chi connectivity index (χ1) is 9.31. The molecule has 108 valence electrons. The highest BCUT2D eigenvalue weighted by molar-refractivity contribution is 14.0. The molecule has 0 amide bonds. The zero-order valence-corrected chi connectivity index (χ0v) is 13.7. The van der Waals surface area contributed by atoms with E-state index in [1.807, 2.05) is 30.3 Å². The minimum atomic E-state index is 0. The Labute approximate surface area is 135 Å². The summed E-state index contributed by atoms with van der Waals surface area (Å²) in [7, 11) is 0. The van der Waals surface area contributed by atoms with Crippen LogP contribution in [0.25, 0.3) is 11.0 Å². The number of fused-ring (bicyclic) bond motifs is 1. The number of guanidine groups is 1. The van der Waals surface area contributed by atoms with E-state index in [-0.39, 0.29) is 24.0 Å². The van der Waals surface area contributed by atoms with Crippen molar-refractivity contribution in [2.75, 3.05) is 6.54 Å². The van der Waals surface area contributed by atoms with Gasteiger partial charge in [-0.2, -0.15) is 0 Å². The van der Waals surface area contributed by atoms with Gasteiger partial charge in [0, 0.05) is 11.9 Å². The van der Waals surface area contributed by atoms with Gasteiger partial charge in [-0.3, -0.25) is 0 Å². The second-order valence-corrected chi connectivity index (χ2v) is 5.13. The molecular formula is C15H20IN3O. The van der Waals surface area contributed by atoms with E-state index < -0.39 is 0 Å². The molecule has 0 atom stereocenters. The summed E-state index contributed by atoms with van der Waals surface area (Å²) in [6.45, 7) is 1.42. The highest BCUT2D eigenvalue weighted by Gasteiger charge is 2.16. The van der Waals surface area contributed by atoms with Crippen molar-refractivity contribution in [3.05, 3.63) is 36.1 Å². The van der Waals surface area contributed by atoms with Crippen LogP contribution in [-0.2, 0) is 6.54 Å². The smallest absolute Gasteiger partial charge is 0.189 e. The number of nitrogens with one attached hydrogen (secondary N) is 1. The number of nitrogens with two attached hydrogens (primary N) is 1. The van der Waals surface area contributed by atoms with E-state index in [1.165, 1.54) is 19.3 Å². The van der Waals surface area contributed by atoms with Gasteiger partial charge in [-0.25, -0.2) is 4.99 Å². The zero-order valence-electron chi connectivity index (χ0n) is 11.3. The van der Waals surface area contributed by atoms with E-state index in [0.717, 1.165) is 29.2 Å². The summed E-state index contributed by atoms with van der Waals surface area (Å²) in [6, 6.07) is 9.97. The van der Waals surface area contributed by atoms with Gasteiger partial charge in [0.15, 0.2) is 5.96 Å². The lowest BCUT2D eigenvalue weighted by Crippen LogP contribution is -2.37. The Balaban J connectivity index is 0.00000147. The maximum Gasteiger partial charge on any atom is 0.189 e. The number of aliphatic imine (C=N–C) groups is 1. The normalized spacial score (nSPS) is 15.7. The van der Waals surface area contributed by atoms with Crippen molar-refractivity contribution in [1.82, 2.24) is 5.32 Å². The summed E-state index contributed by atoms with van der Waals surface area (Å²) >= 11 is 0.